The van der Waals surface area contributed by atoms with Gasteiger partial charge in [0.25, 0.3) is 0 Å². The molecule has 1 heterocycles. The summed E-state index contributed by atoms with van der Waals surface area (Å²) in [5.41, 5.74) is 0.205. The lowest BCUT2D eigenvalue weighted by molar-refractivity contribution is -0.137. The summed E-state index contributed by atoms with van der Waals surface area (Å²) in [5.74, 6) is 0. The van der Waals surface area contributed by atoms with E-state index in [2.05, 4.69) is 22.2 Å². The second kappa shape index (κ2) is 10.1. The van der Waals surface area contributed by atoms with Gasteiger partial charge in [0, 0.05) is 53.2 Å². The number of hydrogen-bond acceptors (Lipinski definition) is 4. The van der Waals surface area contributed by atoms with Crippen molar-refractivity contribution < 1.29 is 13.2 Å². The zero-order valence-corrected chi connectivity index (χ0v) is 17.9. The van der Waals surface area contributed by atoms with Crippen molar-refractivity contribution in [3.05, 3.63) is 53.1 Å². The lowest BCUT2D eigenvalue weighted by atomic mass is 10.2. The molecule has 29 heavy (non-hydrogen) atoms. The standard InChI is InChI=1S/C21H25ClF3N3S/c1-27-10-12-28(13-11-27)9-3-8-26-19-15-17(22)6-7-20(19)29-18-5-2-4-16(14-18)21(23,24)25/h2,4-7,14-15,26H,3,8-13H2,1H3. The summed E-state index contributed by atoms with van der Waals surface area (Å²) in [5, 5.41) is 4.00. The normalized spacial score (nSPS) is 16.2. The Bertz CT molecular complexity index is 808. The van der Waals surface area contributed by atoms with Gasteiger partial charge in [0.15, 0.2) is 0 Å². The molecule has 0 aliphatic carbocycles. The average molecular weight is 444 g/mol. The van der Waals surface area contributed by atoms with Gasteiger partial charge in [-0.1, -0.05) is 29.4 Å². The van der Waals surface area contributed by atoms with Crippen LogP contribution in [0.2, 0.25) is 5.02 Å². The van der Waals surface area contributed by atoms with E-state index < -0.39 is 11.7 Å². The van der Waals surface area contributed by atoms with Gasteiger partial charge in [-0.25, -0.2) is 0 Å². The Balaban J connectivity index is 1.59. The fourth-order valence-corrected chi connectivity index (χ4v) is 4.33. The Hall–Kier alpha value is -1.41. The van der Waals surface area contributed by atoms with Crippen LogP contribution in [0.15, 0.2) is 52.3 Å². The Morgan fingerprint density at radius 3 is 2.55 bits per heavy atom. The number of nitrogens with one attached hydrogen (secondary N) is 1. The third kappa shape index (κ3) is 6.81. The van der Waals surface area contributed by atoms with E-state index in [-0.39, 0.29) is 0 Å². The van der Waals surface area contributed by atoms with Crippen molar-refractivity contribution in [3.63, 3.8) is 0 Å². The van der Waals surface area contributed by atoms with E-state index in [0.717, 1.165) is 62.3 Å². The number of likely N-dealkylation sites (N-methyl/N-ethyl adjacent to an activating group) is 1. The summed E-state index contributed by atoms with van der Waals surface area (Å²) in [6, 6.07) is 10.8. The monoisotopic (exact) mass is 443 g/mol. The Labute approximate surface area is 179 Å². The van der Waals surface area contributed by atoms with Crippen LogP contribution in [0.3, 0.4) is 0 Å². The molecule has 0 aromatic heterocycles. The summed E-state index contributed by atoms with van der Waals surface area (Å²) in [7, 11) is 2.14. The molecule has 1 N–H and O–H groups in total. The molecule has 158 valence electrons. The first-order chi connectivity index (χ1) is 13.8. The molecule has 0 atom stereocenters. The maximum absolute atomic E-state index is 13.0. The van der Waals surface area contributed by atoms with Crippen molar-refractivity contribution in [3.8, 4) is 0 Å². The van der Waals surface area contributed by atoms with Crippen molar-refractivity contribution in [2.24, 2.45) is 0 Å². The molecule has 2 aromatic rings. The highest BCUT2D eigenvalue weighted by molar-refractivity contribution is 7.99. The summed E-state index contributed by atoms with van der Waals surface area (Å²) in [4.78, 5) is 6.19. The smallest absolute Gasteiger partial charge is 0.384 e. The number of hydrogen-bond donors (Lipinski definition) is 1. The highest BCUT2D eigenvalue weighted by Gasteiger charge is 2.30. The second-order valence-corrected chi connectivity index (χ2v) is 8.75. The summed E-state index contributed by atoms with van der Waals surface area (Å²) >= 11 is 7.44. The maximum Gasteiger partial charge on any atom is 0.416 e. The third-order valence-corrected chi connectivity index (χ3v) is 6.19. The van der Waals surface area contributed by atoms with Crippen LogP contribution >= 0.6 is 23.4 Å². The van der Waals surface area contributed by atoms with E-state index >= 15 is 0 Å². The van der Waals surface area contributed by atoms with Gasteiger partial charge in [0.1, 0.15) is 0 Å². The van der Waals surface area contributed by atoms with Gasteiger partial charge in [0.2, 0.25) is 0 Å². The molecule has 1 aliphatic heterocycles. The molecular weight excluding hydrogens is 419 g/mol. The van der Waals surface area contributed by atoms with Crippen LogP contribution in [0.5, 0.6) is 0 Å². The van der Waals surface area contributed by atoms with Gasteiger partial charge in [-0.15, -0.1) is 0 Å². The third-order valence-electron chi connectivity index (χ3n) is 4.89. The molecule has 0 unspecified atom stereocenters. The molecule has 8 heteroatoms. The van der Waals surface area contributed by atoms with Crippen molar-refractivity contribution in [2.75, 3.05) is 51.6 Å². The molecule has 0 saturated carbocycles. The average Bonchev–Trinajstić information content (AvgIpc) is 2.68. The van der Waals surface area contributed by atoms with Crippen molar-refractivity contribution in [1.82, 2.24) is 9.80 Å². The zero-order valence-electron chi connectivity index (χ0n) is 16.3. The molecule has 0 bridgehead atoms. The largest absolute Gasteiger partial charge is 0.416 e. The number of halogens is 4. The minimum Gasteiger partial charge on any atom is -0.384 e. The number of anilines is 1. The number of nitrogens with zero attached hydrogens (tertiary/aromatic N) is 2. The fraction of sp³-hybridized carbons (Fsp3) is 0.429. The van der Waals surface area contributed by atoms with Crippen LogP contribution in [0, 0.1) is 0 Å². The summed E-state index contributed by atoms with van der Waals surface area (Å²) < 4.78 is 38.9. The topological polar surface area (TPSA) is 18.5 Å². The van der Waals surface area contributed by atoms with E-state index in [1.807, 2.05) is 12.1 Å². The first-order valence-electron chi connectivity index (χ1n) is 9.61. The highest BCUT2D eigenvalue weighted by atomic mass is 35.5. The summed E-state index contributed by atoms with van der Waals surface area (Å²) in [6.07, 6.45) is -3.36. The maximum atomic E-state index is 13.0. The van der Waals surface area contributed by atoms with E-state index in [1.165, 1.54) is 23.9 Å². The van der Waals surface area contributed by atoms with E-state index in [0.29, 0.717) is 9.92 Å². The Kier molecular flexibility index (Phi) is 7.73. The quantitative estimate of drug-likeness (QED) is 0.564. The predicted molar refractivity (Wildman–Crippen MR) is 114 cm³/mol. The first-order valence-corrected chi connectivity index (χ1v) is 10.8. The molecule has 0 spiro atoms. The molecule has 0 amide bonds. The van der Waals surface area contributed by atoms with E-state index in [4.69, 9.17) is 11.6 Å². The fourth-order valence-electron chi connectivity index (χ4n) is 3.19. The van der Waals surface area contributed by atoms with Crippen molar-refractivity contribution >= 4 is 29.1 Å². The van der Waals surface area contributed by atoms with Gasteiger partial charge in [-0.2, -0.15) is 13.2 Å². The lowest BCUT2D eigenvalue weighted by Crippen LogP contribution is -2.44. The zero-order chi connectivity index (χ0) is 20.9. The van der Waals surface area contributed by atoms with Gasteiger partial charge in [-0.05, 0) is 56.4 Å². The van der Waals surface area contributed by atoms with Gasteiger partial charge < -0.3 is 15.1 Å². The van der Waals surface area contributed by atoms with Crippen molar-refractivity contribution in [2.45, 2.75) is 22.4 Å². The van der Waals surface area contributed by atoms with Crippen LogP contribution in [-0.2, 0) is 6.18 Å². The number of piperazine rings is 1. The van der Waals surface area contributed by atoms with Crippen LogP contribution in [0.4, 0.5) is 18.9 Å². The Morgan fingerprint density at radius 1 is 1.07 bits per heavy atom. The van der Waals surface area contributed by atoms with Crippen LogP contribution in [-0.4, -0.2) is 56.1 Å². The summed E-state index contributed by atoms with van der Waals surface area (Å²) in [6.45, 7) is 6.17. The van der Waals surface area contributed by atoms with Crippen molar-refractivity contribution in [1.29, 1.82) is 0 Å². The first kappa shape index (κ1) is 22.3. The van der Waals surface area contributed by atoms with Gasteiger partial charge in [0.05, 0.1) is 5.56 Å². The molecule has 0 radical (unpaired) electrons. The SMILES string of the molecule is CN1CCN(CCCNc2cc(Cl)ccc2Sc2cccc(C(F)(F)F)c2)CC1. The minimum atomic E-state index is -4.35. The number of rotatable bonds is 7. The number of benzene rings is 2. The molecule has 3 nitrogen and oxygen atoms in total. The lowest BCUT2D eigenvalue weighted by Gasteiger charge is -2.32. The molecule has 1 saturated heterocycles. The molecular formula is C21H25ClF3N3S. The molecule has 2 aromatic carbocycles. The Morgan fingerprint density at radius 2 is 1.83 bits per heavy atom. The molecule has 3 rings (SSSR count). The van der Waals surface area contributed by atoms with Crippen LogP contribution in [0.25, 0.3) is 0 Å². The van der Waals surface area contributed by atoms with Crippen LogP contribution < -0.4 is 5.32 Å². The molecule has 1 fully saturated rings. The van der Waals surface area contributed by atoms with E-state index in [9.17, 15) is 13.2 Å². The second-order valence-electron chi connectivity index (χ2n) is 7.19. The van der Waals surface area contributed by atoms with E-state index in [1.54, 1.807) is 12.1 Å². The van der Waals surface area contributed by atoms with Gasteiger partial charge >= 0.3 is 6.18 Å². The predicted octanol–water partition coefficient (Wildman–Crippen LogP) is 5.56. The van der Waals surface area contributed by atoms with Crippen LogP contribution in [0.1, 0.15) is 12.0 Å². The minimum absolute atomic E-state index is 0.544. The molecule has 1 aliphatic rings. The highest BCUT2D eigenvalue weighted by Crippen LogP contribution is 2.38. The van der Waals surface area contributed by atoms with Gasteiger partial charge in [-0.3, -0.25) is 0 Å². The number of alkyl halides is 3.